The molecule has 9 nitrogen and oxygen atoms in total. The van der Waals surface area contributed by atoms with Crippen molar-refractivity contribution < 1.29 is 23.9 Å². The highest BCUT2D eigenvalue weighted by atomic mass is 16.5. The first-order valence-corrected chi connectivity index (χ1v) is 6.13. The van der Waals surface area contributed by atoms with Crippen molar-refractivity contribution in [2.24, 2.45) is 5.73 Å². The van der Waals surface area contributed by atoms with E-state index in [1.54, 1.807) is 0 Å². The zero-order valence-electron chi connectivity index (χ0n) is 11.2. The molecule has 0 aliphatic carbocycles. The van der Waals surface area contributed by atoms with Crippen molar-refractivity contribution >= 4 is 23.8 Å². The van der Waals surface area contributed by atoms with Crippen molar-refractivity contribution in [3.8, 4) is 0 Å². The molecule has 4 N–H and O–H groups in total. The number of hydrogen-bond acceptors (Lipinski definition) is 5. The summed E-state index contributed by atoms with van der Waals surface area (Å²) in [5.74, 6) is -1.54. The van der Waals surface area contributed by atoms with E-state index in [4.69, 9.17) is 5.73 Å². The zero-order valence-corrected chi connectivity index (χ0v) is 11.2. The third kappa shape index (κ3) is 4.41. The Labute approximate surface area is 115 Å². The van der Waals surface area contributed by atoms with Crippen LogP contribution in [0.4, 0.5) is 4.79 Å². The van der Waals surface area contributed by atoms with Gasteiger partial charge in [0.25, 0.3) is 0 Å². The monoisotopic (exact) mass is 286 g/mol. The molecule has 1 aliphatic heterocycles. The van der Waals surface area contributed by atoms with E-state index in [-0.39, 0.29) is 19.0 Å². The van der Waals surface area contributed by atoms with Gasteiger partial charge in [0, 0.05) is 6.54 Å². The fourth-order valence-electron chi connectivity index (χ4n) is 1.91. The zero-order chi connectivity index (χ0) is 15.1. The molecule has 1 aliphatic rings. The number of amides is 4. The van der Waals surface area contributed by atoms with Crippen LogP contribution in [-0.4, -0.2) is 61.5 Å². The number of rotatable bonds is 5. The van der Waals surface area contributed by atoms with Crippen molar-refractivity contribution in [1.82, 2.24) is 15.5 Å². The second kappa shape index (κ2) is 7.31. The molecule has 0 bridgehead atoms. The summed E-state index contributed by atoms with van der Waals surface area (Å²) in [6.45, 7) is -0.112. The summed E-state index contributed by atoms with van der Waals surface area (Å²) in [7, 11) is 1.20. The van der Waals surface area contributed by atoms with Crippen molar-refractivity contribution in [1.29, 1.82) is 0 Å². The lowest BCUT2D eigenvalue weighted by Gasteiger charge is -2.22. The Morgan fingerprint density at radius 2 is 1.90 bits per heavy atom. The van der Waals surface area contributed by atoms with Gasteiger partial charge in [-0.1, -0.05) is 0 Å². The van der Waals surface area contributed by atoms with E-state index in [2.05, 4.69) is 15.4 Å². The summed E-state index contributed by atoms with van der Waals surface area (Å²) in [6, 6.07) is -1.28. The molecular formula is C11H18N4O5. The third-order valence-electron chi connectivity index (χ3n) is 2.92. The van der Waals surface area contributed by atoms with Crippen LogP contribution < -0.4 is 16.4 Å². The minimum atomic E-state index is -0.668. The number of methoxy groups -OCH3 is 1. The van der Waals surface area contributed by atoms with Gasteiger partial charge < -0.3 is 26.0 Å². The summed E-state index contributed by atoms with van der Waals surface area (Å²) < 4.78 is 4.34. The standard InChI is InChI=1S/C11H18N4O5/c1-20-9(17)6-14-11(19)13-5-8(16)15-4-2-3-7(15)10(12)18/h7H,2-6H2,1H3,(H2,12,18)(H2,13,14,19)/t7-/m0/s1. The summed E-state index contributed by atoms with van der Waals surface area (Å²) in [5.41, 5.74) is 5.19. The van der Waals surface area contributed by atoms with Gasteiger partial charge in [0.05, 0.1) is 13.7 Å². The number of urea groups is 1. The first-order chi connectivity index (χ1) is 9.45. The Bertz CT molecular complexity index is 412. The van der Waals surface area contributed by atoms with Gasteiger partial charge in [-0.2, -0.15) is 0 Å². The number of ether oxygens (including phenoxy) is 1. The average Bonchev–Trinajstić information content (AvgIpc) is 2.91. The van der Waals surface area contributed by atoms with Gasteiger partial charge in [-0.15, -0.1) is 0 Å². The van der Waals surface area contributed by atoms with Gasteiger partial charge in [0.15, 0.2) is 0 Å². The molecule has 112 valence electrons. The number of carbonyl (C=O) groups excluding carboxylic acids is 4. The predicted molar refractivity (Wildman–Crippen MR) is 67.3 cm³/mol. The van der Waals surface area contributed by atoms with Crippen molar-refractivity contribution in [3.63, 3.8) is 0 Å². The van der Waals surface area contributed by atoms with Crippen LogP contribution in [0.1, 0.15) is 12.8 Å². The minimum absolute atomic E-state index is 0.267. The molecule has 1 fully saturated rings. The van der Waals surface area contributed by atoms with E-state index in [9.17, 15) is 19.2 Å². The van der Waals surface area contributed by atoms with Crippen LogP contribution in [0.2, 0.25) is 0 Å². The number of nitrogens with two attached hydrogens (primary N) is 1. The van der Waals surface area contributed by atoms with Gasteiger partial charge >= 0.3 is 12.0 Å². The molecule has 0 aromatic carbocycles. The normalized spacial score (nSPS) is 17.4. The van der Waals surface area contributed by atoms with Crippen LogP contribution in [-0.2, 0) is 19.1 Å². The Hall–Kier alpha value is -2.32. The van der Waals surface area contributed by atoms with Crippen LogP contribution >= 0.6 is 0 Å². The van der Waals surface area contributed by atoms with E-state index in [1.807, 2.05) is 0 Å². The van der Waals surface area contributed by atoms with Gasteiger partial charge in [0.2, 0.25) is 11.8 Å². The second-order valence-electron chi connectivity index (χ2n) is 4.26. The van der Waals surface area contributed by atoms with Crippen molar-refractivity contribution in [3.05, 3.63) is 0 Å². The van der Waals surface area contributed by atoms with Gasteiger partial charge in [-0.3, -0.25) is 14.4 Å². The molecule has 0 unspecified atom stereocenters. The van der Waals surface area contributed by atoms with Gasteiger partial charge in [-0.05, 0) is 12.8 Å². The molecule has 1 atom stereocenters. The Kier molecular flexibility index (Phi) is 5.75. The quantitative estimate of drug-likeness (QED) is 0.500. The van der Waals surface area contributed by atoms with Crippen LogP contribution in [0.5, 0.6) is 0 Å². The minimum Gasteiger partial charge on any atom is -0.468 e. The predicted octanol–water partition coefficient (Wildman–Crippen LogP) is -2.07. The molecule has 0 aromatic rings. The first-order valence-electron chi connectivity index (χ1n) is 6.13. The first kappa shape index (κ1) is 15.7. The highest BCUT2D eigenvalue weighted by Gasteiger charge is 2.32. The molecule has 0 spiro atoms. The molecular weight excluding hydrogens is 268 g/mol. The number of likely N-dealkylation sites (tertiary alicyclic amines) is 1. The van der Waals surface area contributed by atoms with Crippen LogP contribution in [0.15, 0.2) is 0 Å². The topological polar surface area (TPSA) is 131 Å². The SMILES string of the molecule is COC(=O)CNC(=O)NCC(=O)N1CCC[C@H]1C(N)=O. The van der Waals surface area contributed by atoms with Crippen LogP contribution in [0, 0.1) is 0 Å². The molecule has 1 heterocycles. The highest BCUT2D eigenvalue weighted by molar-refractivity contribution is 5.90. The number of primary amides is 1. The van der Waals surface area contributed by atoms with E-state index in [1.165, 1.54) is 12.0 Å². The molecule has 0 aromatic heterocycles. The van der Waals surface area contributed by atoms with Gasteiger partial charge in [0.1, 0.15) is 12.6 Å². The largest absolute Gasteiger partial charge is 0.468 e. The fourth-order valence-corrected chi connectivity index (χ4v) is 1.91. The number of nitrogens with zero attached hydrogens (tertiary/aromatic N) is 1. The third-order valence-corrected chi connectivity index (χ3v) is 2.92. The Balaban J connectivity index is 2.34. The maximum Gasteiger partial charge on any atom is 0.325 e. The highest BCUT2D eigenvalue weighted by Crippen LogP contribution is 2.16. The average molecular weight is 286 g/mol. The maximum absolute atomic E-state index is 11.8. The molecule has 0 saturated carbocycles. The molecule has 0 radical (unpaired) electrons. The van der Waals surface area contributed by atoms with E-state index >= 15 is 0 Å². The summed E-state index contributed by atoms with van der Waals surface area (Å²) in [6.07, 6.45) is 1.24. The smallest absolute Gasteiger partial charge is 0.325 e. The summed E-state index contributed by atoms with van der Waals surface area (Å²) in [5, 5.41) is 4.52. The fraction of sp³-hybridized carbons (Fsp3) is 0.636. The van der Waals surface area contributed by atoms with Crippen LogP contribution in [0.25, 0.3) is 0 Å². The molecule has 9 heteroatoms. The lowest BCUT2D eigenvalue weighted by Crippen LogP contribution is -2.49. The van der Waals surface area contributed by atoms with E-state index < -0.39 is 23.9 Å². The number of nitrogens with one attached hydrogen (secondary N) is 2. The molecule has 1 saturated heterocycles. The van der Waals surface area contributed by atoms with Crippen LogP contribution in [0.3, 0.4) is 0 Å². The molecule has 20 heavy (non-hydrogen) atoms. The number of carbonyl (C=O) groups is 4. The molecule has 4 amide bonds. The lowest BCUT2D eigenvalue weighted by molar-refractivity contribution is -0.139. The number of esters is 1. The Morgan fingerprint density at radius 1 is 1.25 bits per heavy atom. The Morgan fingerprint density at radius 3 is 2.50 bits per heavy atom. The van der Waals surface area contributed by atoms with E-state index in [0.717, 1.165) is 0 Å². The van der Waals surface area contributed by atoms with E-state index in [0.29, 0.717) is 19.4 Å². The molecule has 1 rings (SSSR count). The summed E-state index contributed by atoms with van der Waals surface area (Å²) in [4.78, 5) is 46.4. The summed E-state index contributed by atoms with van der Waals surface area (Å²) >= 11 is 0. The second-order valence-corrected chi connectivity index (χ2v) is 4.26. The van der Waals surface area contributed by atoms with Crippen molar-refractivity contribution in [2.45, 2.75) is 18.9 Å². The van der Waals surface area contributed by atoms with Crippen molar-refractivity contribution in [2.75, 3.05) is 26.7 Å². The maximum atomic E-state index is 11.8. The number of hydrogen-bond donors (Lipinski definition) is 3. The van der Waals surface area contributed by atoms with Gasteiger partial charge in [-0.25, -0.2) is 4.79 Å². The lowest BCUT2D eigenvalue weighted by atomic mass is 10.2.